The normalized spacial score (nSPS) is 12.7. The van der Waals surface area contributed by atoms with Crippen molar-refractivity contribution in [3.63, 3.8) is 0 Å². The van der Waals surface area contributed by atoms with Crippen molar-refractivity contribution in [3.05, 3.63) is 24.3 Å². The molecule has 0 unspecified atom stereocenters. The molecule has 0 heterocycles. The Morgan fingerprint density at radius 3 is 1.79 bits per heavy atom. The highest BCUT2D eigenvalue weighted by Gasteiger charge is 2.19. The summed E-state index contributed by atoms with van der Waals surface area (Å²) in [5.74, 6) is 0. The fraction of sp³-hybridized carbons (Fsp3) is 0.571. The first-order chi connectivity index (χ1) is 11.3. The second kappa shape index (κ2) is 9.44. The summed E-state index contributed by atoms with van der Waals surface area (Å²) in [5, 5.41) is 0. The van der Waals surface area contributed by atoms with E-state index in [2.05, 4.69) is 9.44 Å². The molecule has 0 spiro atoms. The summed E-state index contributed by atoms with van der Waals surface area (Å²) < 4.78 is 63.0. The van der Waals surface area contributed by atoms with Crippen LogP contribution in [0.2, 0.25) is 0 Å². The monoisotopic (exact) mass is 380 g/mol. The molecule has 10 heteroatoms. The van der Waals surface area contributed by atoms with Gasteiger partial charge in [0.2, 0.25) is 20.0 Å². The Bertz CT molecular complexity index is 697. The quantitative estimate of drug-likeness (QED) is 0.431. The van der Waals surface area contributed by atoms with Gasteiger partial charge in [0.05, 0.1) is 16.3 Å². The van der Waals surface area contributed by atoms with E-state index in [-0.39, 0.29) is 16.3 Å². The summed E-state index contributed by atoms with van der Waals surface area (Å²) in [6, 6.07) is 5.00. The largest absolute Gasteiger partial charge is 0.355 e. The molecule has 24 heavy (non-hydrogen) atoms. The minimum absolute atomic E-state index is 0.0178. The number of hydrogen-bond donors (Lipinski definition) is 2. The van der Waals surface area contributed by atoms with E-state index in [1.807, 2.05) is 6.92 Å². The number of ether oxygens (including phenoxy) is 2. The van der Waals surface area contributed by atoms with Crippen LogP contribution >= 0.6 is 0 Å². The molecule has 0 saturated carbocycles. The molecule has 1 aromatic carbocycles. The van der Waals surface area contributed by atoms with Gasteiger partial charge in [-0.3, -0.25) is 0 Å². The zero-order valence-electron chi connectivity index (χ0n) is 14.0. The first kappa shape index (κ1) is 21.0. The van der Waals surface area contributed by atoms with Crippen LogP contribution in [-0.4, -0.2) is 50.4 Å². The van der Waals surface area contributed by atoms with Gasteiger partial charge in [-0.25, -0.2) is 26.3 Å². The van der Waals surface area contributed by atoms with E-state index >= 15 is 0 Å². The zero-order chi connectivity index (χ0) is 18.2. The Morgan fingerprint density at radius 2 is 1.38 bits per heavy atom. The van der Waals surface area contributed by atoms with Crippen LogP contribution in [0.3, 0.4) is 0 Å². The van der Waals surface area contributed by atoms with Gasteiger partial charge in [-0.1, -0.05) is 13.3 Å². The molecule has 0 aliphatic carbocycles. The maximum Gasteiger partial charge on any atom is 0.240 e. The second-order valence-electron chi connectivity index (χ2n) is 4.98. The van der Waals surface area contributed by atoms with Crippen LogP contribution in [0.15, 0.2) is 34.1 Å². The highest BCUT2D eigenvalue weighted by molar-refractivity contribution is 7.90. The first-order valence-electron chi connectivity index (χ1n) is 7.41. The van der Waals surface area contributed by atoms with E-state index in [4.69, 9.17) is 9.47 Å². The van der Waals surface area contributed by atoms with Gasteiger partial charge in [-0.05, 0) is 30.7 Å². The molecule has 0 fully saturated rings. The molecular formula is C14H24N2O6S2. The van der Waals surface area contributed by atoms with Gasteiger partial charge in [-0.2, -0.15) is 0 Å². The van der Waals surface area contributed by atoms with Crippen LogP contribution in [0.1, 0.15) is 19.8 Å². The summed E-state index contributed by atoms with van der Waals surface area (Å²) in [4.78, 5) is -0.0230. The smallest absolute Gasteiger partial charge is 0.240 e. The molecule has 0 bridgehead atoms. The zero-order valence-corrected chi connectivity index (χ0v) is 15.6. The molecule has 0 atom stereocenters. The number of unbranched alkanes of at least 4 members (excludes halogenated alkanes) is 1. The molecule has 0 aliphatic heterocycles. The highest BCUT2D eigenvalue weighted by Crippen LogP contribution is 2.14. The minimum atomic E-state index is -3.78. The standard InChI is InChI=1S/C14H24N2O6S2/c1-4-5-10-15-23(17,18)12-6-8-13(9-7-12)24(19,20)16-11-14(21-2)22-3/h6-9,14-16H,4-5,10-11H2,1-3H3. The van der Waals surface area contributed by atoms with Crippen molar-refractivity contribution in [2.75, 3.05) is 27.3 Å². The van der Waals surface area contributed by atoms with Crippen molar-refractivity contribution in [2.24, 2.45) is 0 Å². The van der Waals surface area contributed by atoms with Crippen molar-refractivity contribution < 1.29 is 26.3 Å². The maximum absolute atomic E-state index is 12.2. The predicted molar refractivity (Wildman–Crippen MR) is 89.5 cm³/mol. The fourth-order valence-corrected chi connectivity index (χ4v) is 3.88. The van der Waals surface area contributed by atoms with Crippen LogP contribution in [0.5, 0.6) is 0 Å². The van der Waals surface area contributed by atoms with E-state index in [1.165, 1.54) is 38.5 Å². The summed E-state index contributed by atoms with van der Waals surface area (Å²) in [5.41, 5.74) is 0. The number of methoxy groups -OCH3 is 2. The number of nitrogens with one attached hydrogen (secondary N) is 2. The third-order valence-electron chi connectivity index (χ3n) is 3.23. The van der Waals surface area contributed by atoms with E-state index in [9.17, 15) is 16.8 Å². The van der Waals surface area contributed by atoms with Crippen LogP contribution in [0, 0.1) is 0 Å². The average molecular weight is 380 g/mol. The Hall–Kier alpha value is -1.04. The third kappa shape index (κ3) is 6.11. The number of sulfonamides is 2. The molecule has 0 radical (unpaired) electrons. The first-order valence-corrected chi connectivity index (χ1v) is 10.4. The molecule has 1 aromatic rings. The molecule has 1 rings (SSSR count). The van der Waals surface area contributed by atoms with E-state index in [0.717, 1.165) is 12.8 Å². The van der Waals surface area contributed by atoms with Gasteiger partial charge in [0.15, 0.2) is 6.29 Å². The predicted octanol–water partition coefficient (Wildman–Crippen LogP) is 0.662. The van der Waals surface area contributed by atoms with Crippen LogP contribution in [0.25, 0.3) is 0 Å². The van der Waals surface area contributed by atoms with Gasteiger partial charge < -0.3 is 9.47 Å². The average Bonchev–Trinajstić information content (AvgIpc) is 2.56. The van der Waals surface area contributed by atoms with Crippen molar-refractivity contribution in [3.8, 4) is 0 Å². The van der Waals surface area contributed by atoms with Crippen molar-refractivity contribution >= 4 is 20.0 Å². The summed E-state index contributed by atoms with van der Waals surface area (Å²) in [7, 11) is -4.62. The summed E-state index contributed by atoms with van der Waals surface area (Å²) >= 11 is 0. The molecule has 0 amide bonds. The molecule has 0 saturated heterocycles. The number of rotatable bonds is 11. The molecule has 0 aliphatic rings. The van der Waals surface area contributed by atoms with E-state index < -0.39 is 26.3 Å². The third-order valence-corrected chi connectivity index (χ3v) is 6.15. The summed E-state index contributed by atoms with van der Waals surface area (Å²) in [6.45, 7) is 2.24. The van der Waals surface area contributed by atoms with Gasteiger partial charge in [0, 0.05) is 20.8 Å². The van der Waals surface area contributed by atoms with Gasteiger partial charge in [0.25, 0.3) is 0 Å². The number of benzene rings is 1. The van der Waals surface area contributed by atoms with Gasteiger partial charge in [-0.15, -0.1) is 0 Å². The summed E-state index contributed by atoms with van der Waals surface area (Å²) in [6.07, 6.45) is 0.896. The van der Waals surface area contributed by atoms with E-state index in [0.29, 0.717) is 6.54 Å². The Kier molecular flexibility index (Phi) is 8.27. The van der Waals surface area contributed by atoms with E-state index in [1.54, 1.807) is 0 Å². The molecule has 8 nitrogen and oxygen atoms in total. The lowest BCUT2D eigenvalue weighted by atomic mass is 10.3. The fourth-order valence-electron chi connectivity index (χ4n) is 1.79. The van der Waals surface area contributed by atoms with Crippen LogP contribution in [-0.2, 0) is 29.5 Å². The minimum Gasteiger partial charge on any atom is -0.355 e. The van der Waals surface area contributed by atoms with Crippen molar-refractivity contribution in [1.82, 2.24) is 9.44 Å². The van der Waals surface area contributed by atoms with Gasteiger partial charge >= 0.3 is 0 Å². The Morgan fingerprint density at radius 1 is 0.917 bits per heavy atom. The molecule has 138 valence electrons. The SMILES string of the molecule is CCCCNS(=O)(=O)c1ccc(S(=O)(=O)NCC(OC)OC)cc1. The lowest BCUT2D eigenvalue weighted by Crippen LogP contribution is -2.34. The maximum atomic E-state index is 12.2. The molecular weight excluding hydrogens is 356 g/mol. The highest BCUT2D eigenvalue weighted by atomic mass is 32.2. The topological polar surface area (TPSA) is 111 Å². The lowest BCUT2D eigenvalue weighted by molar-refractivity contribution is -0.0960. The van der Waals surface area contributed by atoms with Crippen molar-refractivity contribution in [2.45, 2.75) is 35.8 Å². The van der Waals surface area contributed by atoms with Crippen LogP contribution < -0.4 is 9.44 Å². The van der Waals surface area contributed by atoms with Gasteiger partial charge in [0.1, 0.15) is 0 Å². The van der Waals surface area contributed by atoms with Crippen LogP contribution in [0.4, 0.5) is 0 Å². The molecule has 0 aromatic heterocycles. The number of hydrogen-bond acceptors (Lipinski definition) is 6. The second-order valence-corrected chi connectivity index (χ2v) is 8.51. The Balaban J connectivity index is 2.82. The van der Waals surface area contributed by atoms with Crippen molar-refractivity contribution in [1.29, 1.82) is 0 Å². The molecule has 2 N–H and O–H groups in total. The Labute approximate surface area is 143 Å². The lowest BCUT2D eigenvalue weighted by Gasteiger charge is -2.14.